The fourth-order valence-corrected chi connectivity index (χ4v) is 1.35. The first-order valence-corrected chi connectivity index (χ1v) is 5.24. The van der Waals surface area contributed by atoms with Crippen molar-refractivity contribution >= 4 is 17.6 Å². The fourth-order valence-electron chi connectivity index (χ4n) is 1.35. The number of benzene rings is 1. The van der Waals surface area contributed by atoms with E-state index in [4.69, 9.17) is 5.73 Å². The number of amides is 1. The lowest BCUT2D eigenvalue weighted by Crippen LogP contribution is -2.30. The van der Waals surface area contributed by atoms with Crippen LogP contribution in [0.5, 0.6) is 0 Å². The molecule has 0 aromatic heterocycles. The van der Waals surface area contributed by atoms with Crippen molar-refractivity contribution in [3.63, 3.8) is 0 Å². The Balaban J connectivity index is 2.97. The van der Waals surface area contributed by atoms with Crippen molar-refractivity contribution in [2.45, 2.75) is 19.9 Å². The van der Waals surface area contributed by atoms with Crippen LogP contribution in [0.3, 0.4) is 0 Å². The third-order valence-electron chi connectivity index (χ3n) is 2.14. The molecule has 3 N–H and O–H groups in total. The minimum absolute atomic E-state index is 0.0298. The van der Waals surface area contributed by atoms with E-state index in [0.717, 1.165) is 0 Å². The summed E-state index contributed by atoms with van der Waals surface area (Å²) >= 11 is 0. The lowest BCUT2D eigenvalue weighted by atomic mass is 10.1. The molecule has 0 spiro atoms. The number of nitrogens with one attached hydrogen (secondary N) is 1. The number of carbonyl (C=O) groups is 2. The number of carbonyl (C=O) groups excluding carboxylic acids is 2. The van der Waals surface area contributed by atoms with Crippen molar-refractivity contribution < 1.29 is 14.3 Å². The predicted octanol–water partition coefficient (Wildman–Crippen LogP) is 1.19. The molecule has 1 aromatic rings. The molecule has 0 aliphatic heterocycles. The van der Waals surface area contributed by atoms with Crippen LogP contribution < -0.4 is 11.1 Å². The van der Waals surface area contributed by atoms with Gasteiger partial charge in [0.25, 0.3) is 5.91 Å². The van der Waals surface area contributed by atoms with E-state index in [1.165, 1.54) is 25.3 Å². The third kappa shape index (κ3) is 3.21. The zero-order chi connectivity index (χ0) is 13.0. The Hall–Kier alpha value is -2.04. The first kappa shape index (κ1) is 13.0. The Kier molecular flexibility index (Phi) is 4.09. The van der Waals surface area contributed by atoms with E-state index in [0.29, 0.717) is 11.1 Å². The van der Waals surface area contributed by atoms with Gasteiger partial charge < -0.3 is 15.8 Å². The van der Waals surface area contributed by atoms with Crippen LogP contribution in [0.25, 0.3) is 0 Å². The number of nitrogen functional groups attached to an aromatic ring is 1. The van der Waals surface area contributed by atoms with Gasteiger partial charge in [-0.2, -0.15) is 0 Å². The quantitative estimate of drug-likeness (QED) is 0.610. The molecule has 0 fully saturated rings. The summed E-state index contributed by atoms with van der Waals surface area (Å²) in [5.74, 6) is -0.735. The zero-order valence-electron chi connectivity index (χ0n) is 10.1. The molecular formula is C12H16N2O3. The zero-order valence-corrected chi connectivity index (χ0v) is 10.1. The minimum Gasteiger partial charge on any atom is -0.465 e. The lowest BCUT2D eigenvalue weighted by Gasteiger charge is -2.10. The largest absolute Gasteiger partial charge is 0.465 e. The molecule has 1 rings (SSSR count). The monoisotopic (exact) mass is 236 g/mol. The van der Waals surface area contributed by atoms with Crippen LogP contribution in [0.2, 0.25) is 0 Å². The number of ether oxygens (including phenoxy) is 1. The first-order chi connectivity index (χ1) is 7.95. The van der Waals surface area contributed by atoms with Crippen molar-refractivity contribution in [1.29, 1.82) is 0 Å². The highest BCUT2D eigenvalue weighted by Gasteiger charge is 2.13. The van der Waals surface area contributed by atoms with Crippen molar-refractivity contribution in [2.24, 2.45) is 0 Å². The number of hydrogen-bond acceptors (Lipinski definition) is 4. The normalized spacial score (nSPS) is 10.1. The maximum atomic E-state index is 11.7. The van der Waals surface area contributed by atoms with Crippen molar-refractivity contribution in [3.05, 3.63) is 29.3 Å². The van der Waals surface area contributed by atoms with E-state index >= 15 is 0 Å². The Morgan fingerprint density at radius 3 is 2.47 bits per heavy atom. The molecule has 5 heteroatoms. The number of hydrogen-bond donors (Lipinski definition) is 2. The topological polar surface area (TPSA) is 81.4 Å². The molecule has 0 aliphatic carbocycles. The van der Waals surface area contributed by atoms with Crippen LogP contribution in [-0.2, 0) is 4.74 Å². The molecule has 17 heavy (non-hydrogen) atoms. The van der Waals surface area contributed by atoms with Gasteiger partial charge in [-0.3, -0.25) is 4.79 Å². The lowest BCUT2D eigenvalue weighted by molar-refractivity contribution is 0.0600. The average molecular weight is 236 g/mol. The average Bonchev–Trinajstić information content (AvgIpc) is 2.26. The van der Waals surface area contributed by atoms with Crippen molar-refractivity contribution in [1.82, 2.24) is 5.32 Å². The van der Waals surface area contributed by atoms with Crippen LogP contribution in [0.1, 0.15) is 34.6 Å². The number of esters is 1. The summed E-state index contributed by atoms with van der Waals surface area (Å²) in [4.78, 5) is 23.0. The van der Waals surface area contributed by atoms with Gasteiger partial charge in [-0.05, 0) is 32.0 Å². The van der Waals surface area contributed by atoms with Gasteiger partial charge >= 0.3 is 5.97 Å². The molecule has 0 saturated carbocycles. The molecule has 0 unspecified atom stereocenters. The summed E-state index contributed by atoms with van der Waals surface area (Å²) in [6.07, 6.45) is 0. The highest BCUT2D eigenvalue weighted by molar-refractivity contribution is 6.01. The van der Waals surface area contributed by atoms with Gasteiger partial charge in [0.05, 0.1) is 18.2 Å². The summed E-state index contributed by atoms with van der Waals surface area (Å²) < 4.78 is 4.56. The summed E-state index contributed by atoms with van der Waals surface area (Å²) in [6, 6.07) is 4.49. The molecule has 1 aromatic carbocycles. The summed E-state index contributed by atoms with van der Waals surface area (Å²) in [7, 11) is 1.29. The van der Waals surface area contributed by atoms with E-state index in [2.05, 4.69) is 10.1 Å². The van der Waals surface area contributed by atoms with Crippen LogP contribution >= 0.6 is 0 Å². The number of methoxy groups -OCH3 is 1. The second-order valence-corrected chi connectivity index (χ2v) is 3.92. The van der Waals surface area contributed by atoms with E-state index in [-0.39, 0.29) is 17.6 Å². The standard InChI is InChI=1S/C12H16N2O3/c1-7(2)14-11(15)9-5-4-8(6-10(9)13)12(16)17-3/h4-7H,13H2,1-3H3,(H,14,15). The molecule has 0 bridgehead atoms. The highest BCUT2D eigenvalue weighted by atomic mass is 16.5. The Bertz CT molecular complexity index is 441. The van der Waals surface area contributed by atoms with Gasteiger partial charge in [-0.1, -0.05) is 0 Å². The van der Waals surface area contributed by atoms with E-state index in [1.54, 1.807) is 0 Å². The van der Waals surface area contributed by atoms with Gasteiger partial charge in [-0.25, -0.2) is 4.79 Å². The molecule has 0 saturated heterocycles. The number of rotatable bonds is 3. The smallest absolute Gasteiger partial charge is 0.337 e. The Morgan fingerprint density at radius 2 is 2.00 bits per heavy atom. The Morgan fingerprint density at radius 1 is 1.35 bits per heavy atom. The van der Waals surface area contributed by atoms with Gasteiger partial charge in [0, 0.05) is 11.7 Å². The number of nitrogens with two attached hydrogens (primary N) is 1. The minimum atomic E-state index is -0.479. The van der Waals surface area contributed by atoms with Crippen molar-refractivity contribution in [2.75, 3.05) is 12.8 Å². The molecule has 92 valence electrons. The van der Waals surface area contributed by atoms with Gasteiger partial charge in [0.1, 0.15) is 0 Å². The predicted molar refractivity (Wildman–Crippen MR) is 64.8 cm³/mol. The molecule has 0 radical (unpaired) electrons. The van der Waals surface area contributed by atoms with E-state index in [1.807, 2.05) is 13.8 Å². The fraction of sp³-hybridized carbons (Fsp3) is 0.333. The van der Waals surface area contributed by atoms with E-state index < -0.39 is 5.97 Å². The van der Waals surface area contributed by atoms with Crippen molar-refractivity contribution in [3.8, 4) is 0 Å². The molecule has 0 aliphatic rings. The summed E-state index contributed by atoms with van der Waals surface area (Å²) in [5, 5.41) is 2.73. The van der Waals surface area contributed by atoms with Gasteiger partial charge in [0.15, 0.2) is 0 Å². The maximum absolute atomic E-state index is 11.7. The second-order valence-electron chi connectivity index (χ2n) is 3.92. The van der Waals surface area contributed by atoms with E-state index in [9.17, 15) is 9.59 Å². The van der Waals surface area contributed by atoms with Crippen LogP contribution in [0.4, 0.5) is 5.69 Å². The Labute approximate surface area is 99.9 Å². The molecule has 1 amide bonds. The second kappa shape index (κ2) is 5.34. The molecule has 0 atom stereocenters. The highest BCUT2D eigenvalue weighted by Crippen LogP contribution is 2.15. The third-order valence-corrected chi connectivity index (χ3v) is 2.14. The van der Waals surface area contributed by atoms with Gasteiger partial charge in [0.2, 0.25) is 0 Å². The number of anilines is 1. The first-order valence-electron chi connectivity index (χ1n) is 5.24. The SMILES string of the molecule is COC(=O)c1ccc(C(=O)NC(C)C)c(N)c1. The van der Waals surface area contributed by atoms with Crippen LogP contribution in [0.15, 0.2) is 18.2 Å². The van der Waals surface area contributed by atoms with Crippen LogP contribution in [-0.4, -0.2) is 25.0 Å². The maximum Gasteiger partial charge on any atom is 0.337 e. The summed E-state index contributed by atoms with van der Waals surface area (Å²) in [6.45, 7) is 3.72. The molecule has 0 heterocycles. The van der Waals surface area contributed by atoms with Gasteiger partial charge in [-0.15, -0.1) is 0 Å². The molecular weight excluding hydrogens is 220 g/mol. The van der Waals surface area contributed by atoms with Crippen LogP contribution in [0, 0.1) is 0 Å². The molecule has 5 nitrogen and oxygen atoms in total. The summed E-state index contributed by atoms with van der Waals surface area (Å²) in [5.41, 5.74) is 6.66.